The minimum absolute atomic E-state index is 0.141. The van der Waals surface area contributed by atoms with Gasteiger partial charge in [-0.3, -0.25) is 4.90 Å². The highest BCUT2D eigenvalue weighted by molar-refractivity contribution is 7.10. The average Bonchev–Trinajstić information content (AvgIpc) is 2.78. The van der Waals surface area contributed by atoms with Crippen LogP contribution in [0.3, 0.4) is 0 Å². The number of hydrogen-bond donors (Lipinski definition) is 1. The summed E-state index contributed by atoms with van der Waals surface area (Å²) in [5.74, 6) is 6.21. The topological polar surface area (TPSA) is 26.7 Å². The molecular formula is C16H24N2OS. The lowest BCUT2D eigenvalue weighted by molar-refractivity contribution is 0.196. The van der Waals surface area contributed by atoms with E-state index in [1.165, 1.54) is 17.8 Å². The Hall–Kier alpha value is -0.860. The molecule has 1 N–H and O–H groups in total. The number of nitrogens with zero attached hydrogens (tertiary/aromatic N) is 2. The first kappa shape index (κ1) is 15.5. The van der Waals surface area contributed by atoms with Gasteiger partial charge in [-0.1, -0.05) is 11.8 Å². The van der Waals surface area contributed by atoms with Crippen molar-refractivity contribution in [1.82, 2.24) is 9.80 Å². The van der Waals surface area contributed by atoms with Crippen LogP contribution in [0, 0.1) is 11.8 Å². The van der Waals surface area contributed by atoms with Crippen molar-refractivity contribution in [2.24, 2.45) is 0 Å². The Labute approximate surface area is 126 Å². The van der Waals surface area contributed by atoms with Crippen LogP contribution in [0.2, 0.25) is 0 Å². The molecular weight excluding hydrogens is 268 g/mol. The number of thiophene rings is 1. The molecule has 1 aliphatic heterocycles. The van der Waals surface area contributed by atoms with Crippen molar-refractivity contribution in [3.8, 4) is 11.8 Å². The second-order valence-corrected chi connectivity index (χ2v) is 6.47. The van der Waals surface area contributed by atoms with E-state index in [1.54, 1.807) is 11.3 Å². The second-order valence-electron chi connectivity index (χ2n) is 5.47. The molecule has 0 amide bonds. The van der Waals surface area contributed by atoms with Crippen LogP contribution in [0.15, 0.2) is 11.4 Å². The van der Waals surface area contributed by atoms with Crippen LogP contribution in [0.25, 0.3) is 0 Å². The lowest BCUT2D eigenvalue weighted by atomic mass is 10.2. The van der Waals surface area contributed by atoms with Gasteiger partial charge in [0.15, 0.2) is 0 Å². The third-order valence-corrected chi connectivity index (χ3v) is 4.64. The maximum absolute atomic E-state index is 8.80. The zero-order chi connectivity index (χ0) is 14.4. The molecule has 1 unspecified atom stereocenters. The molecule has 3 nitrogen and oxygen atoms in total. The van der Waals surface area contributed by atoms with Crippen molar-refractivity contribution in [1.29, 1.82) is 0 Å². The van der Waals surface area contributed by atoms with Gasteiger partial charge in [0.05, 0.1) is 6.61 Å². The predicted octanol–water partition coefficient (Wildman–Crippen LogP) is 2.01. The molecule has 20 heavy (non-hydrogen) atoms. The van der Waals surface area contributed by atoms with Crippen LogP contribution in [0.5, 0.6) is 0 Å². The first-order valence-corrected chi connectivity index (χ1v) is 8.17. The highest BCUT2D eigenvalue weighted by atomic mass is 32.1. The van der Waals surface area contributed by atoms with E-state index in [-0.39, 0.29) is 6.61 Å². The molecule has 1 aromatic heterocycles. The number of aliphatic hydroxyl groups is 1. The lowest BCUT2D eigenvalue weighted by Gasteiger charge is -2.27. The predicted molar refractivity (Wildman–Crippen MR) is 84.9 cm³/mol. The molecule has 110 valence electrons. The van der Waals surface area contributed by atoms with Gasteiger partial charge < -0.3 is 10.0 Å². The molecule has 1 saturated heterocycles. The van der Waals surface area contributed by atoms with Gasteiger partial charge in [0.25, 0.3) is 0 Å². The van der Waals surface area contributed by atoms with Crippen LogP contribution >= 0.6 is 11.3 Å². The third kappa shape index (κ3) is 4.32. The SMILES string of the molecule is CC1CN(C)CCCN1Cc1sccc1C#CCCO. The molecule has 1 atom stereocenters. The summed E-state index contributed by atoms with van der Waals surface area (Å²) in [6, 6.07) is 2.68. The summed E-state index contributed by atoms with van der Waals surface area (Å²) in [5.41, 5.74) is 1.13. The molecule has 4 heteroatoms. The monoisotopic (exact) mass is 292 g/mol. The van der Waals surface area contributed by atoms with Gasteiger partial charge in [-0.05, 0) is 38.4 Å². The fourth-order valence-corrected chi connectivity index (χ4v) is 3.48. The molecule has 0 bridgehead atoms. The van der Waals surface area contributed by atoms with Crippen molar-refractivity contribution in [2.75, 3.05) is 33.3 Å². The van der Waals surface area contributed by atoms with Crippen molar-refractivity contribution in [3.63, 3.8) is 0 Å². The standard InChI is InChI=1S/C16H24N2OS/c1-14-12-17(2)8-5-9-18(14)13-16-15(7-11-20-16)6-3-4-10-19/h7,11,14,19H,4-5,8-10,12-13H2,1-2H3. The summed E-state index contributed by atoms with van der Waals surface area (Å²) in [7, 11) is 2.21. The fraction of sp³-hybridized carbons (Fsp3) is 0.625. The number of likely N-dealkylation sites (N-methyl/N-ethyl adjacent to an activating group) is 1. The molecule has 0 spiro atoms. The van der Waals surface area contributed by atoms with Gasteiger partial charge in [0.2, 0.25) is 0 Å². The van der Waals surface area contributed by atoms with Crippen molar-refractivity contribution >= 4 is 11.3 Å². The van der Waals surface area contributed by atoms with E-state index in [0.717, 1.165) is 25.2 Å². The van der Waals surface area contributed by atoms with Crippen molar-refractivity contribution in [2.45, 2.75) is 32.4 Å². The van der Waals surface area contributed by atoms with Crippen LogP contribution in [-0.4, -0.2) is 54.2 Å². The molecule has 2 rings (SSSR count). The minimum atomic E-state index is 0.141. The number of hydrogen-bond acceptors (Lipinski definition) is 4. The Bertz CT molecular complexity index is 474. The van der Waals surface area contributed by atoms with Crippen LogP contribution in [0.1, 0.15) is 30.2 Å². The van der Waals surface area contributed by atoms with Gasteiger partial charge >= 0.3 is 0 Å². The Morgan fingerprint density at radius 1 is 1.45 bits per heavy atom. The van der Waals surface area contributed by atoms with E-state index in [0.29, 0.717) is 12.5 Å². The number of rotatable bonds is 3. The molecule has 1 aromatic rings. The molecule has 0 aliphatic carbocycles. The highest BCUT2D eigenvalue weighted by Crippen LogP contribution is 2.21. The Morgan fingerprint density at radius 2 is 2.30 bits per heavy atom. The normalized spacial score (nSPS) is 21.2. The first-order valence-electron chi connectivity index (χ1n) is 7.29. The molecule has 2 heterocycles. The summed E-state index contributed by atoms with van der Waals surface area (Å²) in [5, 5.41) is 10.9. The smallest absolute Gasteiger partial charge is 0.0540 e. The quantitative estimate of drug-likeness (QED) is 0.863. The van der Waals surface area contributed by atoms with E-state index in [1.807, 2.05) is 0 Å². The molecule has 0 radical (unpaired) electrons. The lowest BCUT2D eigenvalue weighted by Crippen LogP contribution is -2.37. The van der Waals surface area contributed by atoms with Gasteiger partial charge in [0.1, 0.15) is 0 Å². The fourth-order valence-electron chi connectivity index (χ4n) is 2.63. The van der Waals surface area contributed by atoms with E-state index >= 15 is 0 Å². The summed E-state index contributed by atoms with van der Waals surface area (Å²) >= 11 is 1.79. The second kappa shape index (κ2) is 7.80. The summed E-state index contributed by atoms with van der Waals surface area (Å²) in [6.45, 7) is 6.93. The highest BCUT2D eigenvalue weighted by Gasteiger charge is 2.20. The van der Waals surface area contributed by atoms with Gasteiger partial charge in [-0.2, -0.15) is 0 Å². The summed E-state index contributed by atoms with van der Waals surface area (Å²) in [4.78, 5) is 6.33. The maximum Gasteiger partial charge on any atom is 0.0540 e. The largest absolute Gasteiger partial charge is 0.395 e. The van der Waals surface area contributed by atoms with Gasteiger partial charge in [0, 0.05) is 42.5 Å². The first-order chi connectivity index (χ1) is 9.70. The molecule has 1 fully saturated rings. The van der Waals surface area contributed by atoms with E-state index in [2.05, 4.69) is 47.1 Å². The van der Waals surface area contributed by atoms with Crippen LogP contribution in [-0.2, 0) is 6.54 Å². The molecule has 0 saturated carbocycles. The van der Waals surface area contributed by atoms with E-state index < -0.39 is 0 Å². The Balaban J connectivity index is 2.02. The number of aliphatic hydroxyl groups excluding tert-OH is 1. The van der Waals surface area contributed by atoms with Crippen molar-refractivity contribution < 1.29 is 5.11 Å². The van der Waals surface area contributed by atoms with E-state index in [9.17, 15) is 0 Å². The summed E-state index contributed by atoms with van der Waals surface area (Å²) in [6.07, 6.45) is 1.79. The molecule has 0 aromatic carbocycles. The zero-order valence-corrected chi connectivity index (χ0v) is 13.2. The van der Waals surface area contributed by atoms with Gasteiger partial charge in [-0.25, -0.2) is 0 Å². The van der Waals surface area contributed by atoms with Crippen LogP contribution in [0.4, 0.5) is 0 Å². The Kier molecular flexibility index (Phi) is 6.06. The minimum Gasteiger partial charge on any atom is -0.395 e. The summed E-state index contributed by atoms with van der Waals surface area (Å²) < 4.78 is 0. The van der Waals surface area contributed by atoms with E-state index in [4.69, 9.17) is 5.11 Å². The third-order valence-electron chi connectivity index (χ3n) is 3.74. The molecule has 1 aliphatic rings. The van der Waals surface area contributed by atoms with Gasteiger partial charge in [-0.15, -0.1) is 11.3 Å². The van der Waals surface area contributed by atoms with Crippen molar-refractivity contribution in [3.05, 3.63) is 21.9 Å². The Morgan fingerprint density at radius 3 is 3.10 bits per heavy atom. The van der Waals surface area contributed by atoms with Crippen LogP contribution < -0.4 is 0 Å². The average molecular weight is 292 g/mol. The zero-order valence-electron chi connectivity index (χ0n) is 12.4. The maximum atomic E-state index is 8.80.